The van der Waals surface area contributed by atoms with Crippen LogP contribution >= 0.6 is 0 Å². The molecule has 0 bridgehead atoms. The van der Waals surface area contributed by atoms with E-state index in [1.165, 1.54) is 89.9 Å². The third-order valence-electron chi connectivity index (χ3n) is 6.37. The summed E-state index contributed by atoms with van der Waals surface area (Å²) in [5, 5.41) is 0. The minimum atomic E-state index is 0. The molecule has 0 saturated heterocycles. The minimum Gasteiger partial charge on any atom is -0.727 e. The summed E-state index contributed by atoms with van der Waals surface area (Å²) in [6.07, 6.45) is 17.9. The molecule has 0 aliphatic rings. The number of rotatable bonds is 14. The molecule has 0 N–H and O–H groups in total. The van der Waals surface area contributed by atoms with Crippen LogP contribution in [0.4, 0.5) is 0 Å². The summed E-state index contributed by atoms with van der Waals surface area (Å²) in [5.41, 5.74) is 11.9. The Kier molecular flexibility index (Phi) is 18.2. The van der Waals surface area contributed by atoms with Crippen molar-refractivity contribution in [3.05, 3.63) is 57.1 Å². The summed E-state index contributed by atoms with van der Waals surface area (Å²) in [5.74, 6) is 0. The average Bonchev–Trinajstić information content (AvgIpc) is 3.29. The van der Waals surface area contributed by atoms with Gasteiger partial charge in [0.2, 0.25) is 0 Å². The molecule has 0 nitrogen and oxygen atoms in total. The first-order chi connectivity index (χ1) is 15.1. The molecule has 0 saturated carbocycles. The summed E-state index contributed by atoms with van der Waals surface area (Å²) >= 11 is 0. The third-order valence-corrected chi connectivity index (χ3v) is 6.37. The van der Waals surface area contributed by atoms with Gasteiger partial charge in [-0.2, -0.15) is 17.2 Å². The molecule has 0 amide bonds. The fraction of sp³-hybridized carbons (Fsp3) is 0.677. The number of hydrogen-bond donors (Lipinski definition) is 0. The largest absolute Gasteiger partial charge is 0.727 e. The van der Waals surface area contributed by atoms with Gasteiger partial charge < -0.3 is 27.8 Å². The summed E-state index contributed by atoms with van der Waals surface area (Å²) in [7, 11) is 0. The van der Waals surface area contributed by atoms with Crippen molar-refractivity contribution in [2.24, 2.45) is 0 Å². The maximum Gasteiger partial charge on any atom is 0 e. The first kappa shape index (κ1) is 31.2. The molecule has 0 unspecified atom stereocenters. The normalized spacial score (nSPS) is 10.6. The number of hydrogen-bond acceptors (Lipinski definition) is 0. The first-order valence-corrected chi connectivity index (χ1v) is 13.7. The zero-order chi connectivity index (χ0) is 23.1. The van der Waals surface area contributed by atoms with E-state index >= 15 is 0 Å². The Labute approximate surface area is 212 Å². The van der Waals surface area contributed by atoms with Gasteiger partial charge in [0, 0.05) is 17.1 Å². The van der Waals surface area contributed by atoms with E-state index in [0.29, 0.717) is 0 Å². The Hall–Kier alpha value is -0.781. The Bertz CT molecular complexity index is 576. The molecule has 0 aliphatic heterocycles. The molecule has 0 aromatic heterocycles. The molecule has 2 aromatic rings. The second-order valence-electron chi connectivity index (χ2n) is 9.22. The average molecular weight is 481 g/mol. The Morgan fingerprint density at radius 2 is 0.844 bits per heavy atom. The molecule has 190 valence electrons. The van der Waals surface area contributed by atoms with Crippen molar-refractivity contribution in [2.45, 2.75) is 138 Å². The van der Waals surface area contributed by atoms with Crippen LogP contribution in [0.5, 0.6) is 0 Å². The van der Waals surface area contributed by atoms with Crippen LogP contribution < -0.4 is 0 Å². The van der Waals surface area contributed by atoms with E-state index in [1.54, 1.807) is 38.9 Å². The van der Waals surface area contributed by atoms with E-state index in [1.807, 2.05) is 0 Å². The van der Waals surface area contributed by atoms with Crippen molar-refractivity contribution in [2.75, 3.05) is 0 Å². The maximum atomic E-state index is 2.33. The van der Waals surface area contributed by atoms with E-state index in [4.69, 9.17) is 0 Å². The van der Waals surface area contributed by atoms with E-state index in [0.717, 1.165) is 0 Å². The van der Waals surface area contributed by atoms with Crippen molar-refractivity contribution in [3.8, 4) is 0 Å². The summed E-state index contributed by atoms with van der Waals surface area (Å²) in [6.45, 7) is 16.1. The molecule has 1 heteroatoms. The summed E-state index contributed by atoms with van der Waals surface area (Å²) in [4.78, 5) is 0. The van der Waals surface area contributed by atoms with E-state index in [2.05, 4.69) is 66.7 Å². The van der Waals surface area contributed by atoms with Crippen LogP contribution in [0.25, 0.3) is 0 Å². The molecule has 0 radical (unpaired) electrons. The smallest absolute Gasteiger partial charge is 0 e. The molecule has 0 spiro atoms. The maximum absolute atomic E-state index is 2.33. The van der Waals surface area contributed by atoms with Crippen LogP contribution in [0.15, 0.2) is 18.2 Å². The van der Waals surface area contributed by atoms with Crippen LogP contribution in [-0.4, -0.2) is 0 Å². The topological polar surface area (TPSA) is 0 Å². The molecule has 0 atom stereocenters. The zero-order valence-corrected chi connectivity index (χ0v) is 23.6. The molecule has 2 aromatic carbocycles. The standard InChI is InChI=1S/C20H35.C11H17.Fe/c1-6-11-16-17(12-7-2)19(14-9-4)20(15-10-5)18(16)13-8-3;1-3-6-10-8-5-9-11(10)7-4-2;/h6-15H2,1-5H3;5,8-9H,3-4,6-7H2,1-2H3;/q-5;-1;. The van der Waals surface area contributed by atoms with Gasteiger partial charge in [0.25, 0.3) is 0 Å². The van der Waals surface area contributed by atoms with Gasteiger partial charge in [0.15, 0.2) is 0 Å². The van der Waals surface area contributed by atoms with Gasteiger partial charge in [0.05, 0.1) is 0 Å². The fourth-order valence-corrected chi connectivity index (χ4v) is 5.19. The Morgan fingerprint density at radius 1 is 0.500 bits per heavy atom. The van der Waals surface area contributed by atoms with Crippen molar-refractivity contribution >= 4 is 0 Å². The van der Waals surface area contributed by atoms with Gasteiger partial charge in [-0.25, -0.2) is 44.2 Å². The van der Waals surface area contributed by atoms with Crippen molar-refractivity contribution in [1.29, 1.82) is 0 Å². The van der Waals surface area contributed by atoms with Gasteiger partial charge >= 0.3 is 0 Å². The molecule has 0 heterocycles. The van der Waals surface area contributed by atoms with E-state index in [-0.39, 0.29) is 17.1 Å². The second kappa shape index (κ2) is 18.6. The summed E-state index contributed by atoms with van der Waals surface area (Å²) < 4.78 is 0. The number of aryl methyl sites for hydroxylation is 2. The fourth-order valence-electron chi connectivity index (χ4n) is 5.19. The minimum absolute atomic E-state index is 0. The van der Waals surface area contributed by atoms with Crippen LogP contribution in [0.2, 0.25) is 0 Å². The second-order valence-corrected chi connectivity index (χ2v) is 9.22. The van der Waals surface area contributed by atoms with Crippen molar-refractivity contribution < 1.29 is 17.1 Å². The van der Waals surface area contributed by atoms with Gasteiger partial charge in [-0.05, 0) is 0 Å². The molecule has 0 fully saturated rings. The van der Waals surface area contributed by atoms with Crippen molar-refractivity contribution in [3.63, 3.8) is 0 Å². The van der Waals surface area contributed by atoms with E-state index in [9.17, 15) is 0 Å². The SMILES string of the molecule is CCC[c-]1[c-](CCC)[c-](CCC)[c-](CCC)[c-]1CCC.CCCc1ccc[c-]1CCC.[Fe]. The van der Waals surface area contributed by atoms with Gasteiger partial charge in [-0.15, -0.1) is 0 Å². The van der Waals surface area contributed by atoms with Crippen LogP contribution in [0.3, 0.4) is 0 Å². The molecule has 0 aliphatic carbocycles. The monoisotopic (exact) mass is 480 g/mol. The predicted molar refractivity (Wildman–Crippen MR) is 142 cm³/mol. The van der Waals surface area contributed by atoms with E-state index < -0.39 is 0 Å². The Balaban J connectivity index is 0.000000679. The van der Waals surface area contributed by atoms with Gasteiger partial charge in [-0.1, -0.05) is 106 Å². The van der Waals surface area contributed by atoms with Crippen molar-refractivity contribution in [1.82, 2.24) is 0 Å². The Morgan fingerprint density at radius 3 is 1.12 bits per heavy atom. The van der Waals surface area contributed by atoms with Crippen LogP contribution in [0.1, 0.15) is 132 Å². The molecular weight excluding hydrogens is 428 g/mol. The molecule has 32 heavy (non-hydrogen) atoms. The third kappa shape index (κ3) is 9.23. The quantitative estimate of drug-likeness (QED) is 0.187. The molecule has 2 rings (SSSR count). The zero-order valence-electron chi connectivity index (χ0n) is 22.5. The van der Waals surface area contributed by atoms with Gasteiger partial charge in [-0.3, -0.25) is 0 Å². The molecular formula is C31H52Fe-6. The first-order valence-electron chi connectivity index (χ1n) is 13.7. The predicted octanol–water partition coefficient (Wildman–Crippen LogP) is 9.48. The van der Waals surface area contributed by atoms with Crippen LogP contribution in [-0.2, 0) is 62.0 Å². The summed E-state index contributed by atoms with van der Waals surface area (Å²) in [6, 6.07) is 6.69. The van der Waals surface area contributed by atoms with Gasteiger partial charge in [0.1, 0.15) is 0 Å². The van der Waals surface area contributed by atoms with Crippen LogP contribution in [0, 0.1) is 0 Å².